The Morgan fingerprint density at radius 3 is 3.00 bits per heavy atom. The highest BCUT2D eigenvalue weighted by Crippen LogP contribution is 2.53. The summed E-state index contributed by atoms with van der Waals surface area (Å²) < 4.78 is 5.42. The number of allylic oxidation sites excluding steroid dienone is 1. The lowest BCUT2D eigenvalue weighted by Crippen LogP contribution is -1.99. The number of furan rings is 1. The normalized spacial score (nSPS) is 37.8. The Morgan fingerprint density at radius 2 is 2.42 bits per heavy atom. The Bertz CT molecular complexity index is 302. The summed E-state index contributed by atoms with van der Waals surface area (Å²) in [6, 6.07) is 4.07. The minimum absolute atomic E-state index is 0.593. The van der Waals surface area contributed by atoms with Gasteiger partial charge in [-0.1, -0.05) is 12.2 Å². The van der Waals surface area contributed by atoms with Crippen molar-refractivity contribution in [3.8, 4) is 0 Å². The maximum atomic E-state index is 5.42. The SMILES string of the molecule is C1=C[C@H]2C[C@@H]1S[C@@H]2c1ccco1. The summed E-state index contributed by atoms with van der Waals surface area (Å²) in [5, 5.41) is 1.35. The second-order valence-electron chi connectivity index (χ2n) is 3.40. The quantitative estimate of drug-likeness (QED) is 0.613. The maximum absolute atomic E-state index is 5.42. The van der Waals surface area contributed by atoms with Crippen LogP contribution in [0.15, 0.2) is 35.0 Å². The van der Waals surface area contributed by atoms with Crippen LogP contribution in [0.2, 0.25) is 0 Å². The monoisotopic (exact) mass is 178 g/mol. The van der Waals surface area contributed by atoms with Gasteiger partial charge in [-0.05, 0) is 24.5 Å². The van der Waals surface area contributed by atoms with Crippen LogP contribution >= 0.6 is 11.8 Å². The summed E-state index contributed by atoms with van der Waals surface area (Å²) in [6.45, 7) is 0. The van der Waals surface area contributed by atoms with Gasteiger partial charge in [-0.15, -0.1) is 11.8 Å². The van der Waals surface area contributed by atoms with Crippen LogP contribution in [0.25, 0.3) is 0 Å². The molecule has 0 saturated carbocycles. The van der Waals surface area contributed by atoms with E-state index in [1.807, 2.05) is 17.8 Å². The summed E-state index contributed by atoms with van der Waals surface area (Å²) in [7, 11) is 0. The van der Waals surface area contributed by atoms with Crippen molar-refractivity contribution in [2.24, 2.45) is 5.92 Å². The van der Waals surface area contributed by atoms with Crippen molar-refractivity contribution in [3.05, 3.63) is 36.3 Å². The lowest BCUT2D eigenvalue weighted by atomic mass is 10.0. The van der Waals surface area contributed by atoms with E-state index >= 15 is 0 Å². The Labute approximate surface area is 75.8 Å². The second kappa shape index (κ2) is 2.43. The molecule has 1 fully saturated rings. The Balaban J connectivity index is 1.92. The van der Waals surface area contributed by atoms with Gasteiger partial charge < -0.3 is 4.42 Å². The van der Waals surface area contributed by atoms with Gasteiger partial charge in [-0.25, -0.2) is 0 Å². The topological polar surface area (TPSA) is 13.1 Å². The van der Waals surface area contributed by atoms with Crippen LogP contribution in [0.4, 0.5) is 0 Å². The van der Waals surface area contributed by atoms with E-state index in [1.165, 1.54) is 6.42 Å². The summed E-state index contributed by atoms with van der Waals surface area (Å²) in [4.78, 5) is 0. The van der Waals surface area contributed by atoms with Crippen molar-refractivity contribution in [1.82, 2.24) is 0 Å². The fourth-order valence-electron chi connectivity index (χ4n) is 2.04. The number of rotatable bonds is 1. The summed E-state index contributed by atoms with van der Waals surface area (Å²) in [6.07, 6.45) is 7.75. The Hall–Kier alpha value is -0.630. The standard InChI is InChI=1S/C10H10OS/c1-2-9(11-5-1)10-7-3-4-8(6-7)12-10/h1-5,7-8,10H,6H2/t7-,8+,10-/m0/s1. The third-order valence-electron chi connectivity index (χ3n) is 2.61. The van der Waals surface area contributed by atoms with Crippen molar-refractivity contribution in [1.29, 1.82) is 0 Å². The molecule has 1 aromatic rings. The molecule has 0 spiro atoms. The van der Waals surface area contributed by atoms with E-state index in [0.717, 1.165) is 16.9 Å². The molecule has 0 unspecified atom stereocenters. The summed E-state index contributed by atoms with van der Waals surface area (Å²) in [5.74, 6) is 1.88. The van der Waals surface area contributed by atoms with E-state index < -0.39 is 0 Å². The molecule has 2 heteroatoms. The molecule has 0 aromatic carbocycles. The van der Waals surface area contributed by atoms with Crippen molar-refractivity contribution < 1.29 is 4.42 Å². The van der Waals surface area contributed by atoms with E-state index in [-0.39, 0.29) is 0 Å². The molecule has 0 amide bonds. The van der Waals surface area contributed by atoms with Crippen LogP contribution in [0.3, 0.4) is 0 Å². The maximum Gasteiger partial charge on any atom is 0.117 e. The molecule has 1 aromatic heterocycles. The minimum Gasteiger partial charge on any atom is -0.468 e. The van der Waals surface area contributed by atoms with Crippen molar-refractivity contribution in [2.75, 3.05) is 0 Å². The van der Waals surface area contributed by atoms with Crippen LogP contribution in [-0.4, -0.2) is 5.25 Å². The molecule has 2 aliphatic rings. The van der Waals surface area contributed by atoms with Crippen LogP contribution in [0.1, 0.15) is 17.4 Å². The van der Waals surface area contributed by atoms with Gasteiger partial charge >= 0.3 is 0 Å². The molecule has 12 heavy (non-hydrogen) atoms. The summed E-state index contributed by atoms with van der Waals surface area (Å²) >= 11 is 2.04. The average molecular weight is 178 g/mol. The van der Waals surface area contributed by atoms with Gasteiger partial charge in [0.05, 0.1) is 11.5 Å². The van der Waals surface area contributed by atoms with Crippen molar-refractivity contribution in [3.63, 3.8) is 0 Å². The highest BCUT2D eigenvalue weighted by atomic mass is 32.2. The first-order valence-corrected chi connectivity index (χ1v) is 5.25. The molecule has 0 N–H and O–H groups in total. The van der Waals surface area contributed by atoms with E-state index in [4.69, 9.17) is 4.42 Å². The first-order valence-electron chi connectivity index (χ1n) is 4.31. The predicted octanol–water partition coefficient (Wildman–Crippen LogP) is 3.01. The highest BCUT2D eigenvalue weighted by Gasteiger charge is 2.38. The van der Waals surface area contributed by atoms with E-state index in [9.17, 15) is 0 Å². The highest BCUT2D eigenvalue weighted by molar-refractivity contribution is 8.00. The zero-order valence-corrected chi connectivity index (χ0v) is 7.46. The van der Waals surface area contributed by atoms with Gasteiger partial charge in [0.2, 0.25) is 0 Å². The van der Waals surface area contributed by atoms with Crippen molar-refractivity contribution >= 4 is 11.8 Å². The number of thioether (sulfide) groups is 1. The van der Waals surface area contributed by atoms with E-state index in [1.54, 1.807) is 6.26 Å². The lowest BCUT2D eigenvalue weighted by molar-refractivity contribution is 0.476. The van der Waals surface area contributed by atoms with Crippen LogP contribution in [0.5, 0.6) is 0 Å². The Morgan fingerprint density at radius 1 is 1.42 bits per heavy atom. The number of fused-ring (bicyclic) bond motifs is 2. The molecule has 3 atom stereocenters. The molecular weight excluding hydrogens is 168 g/mol. The molecule has 1 saturated heterocycles. The summed E-state index contributed by atoms with van der Waals surface area (Å²) in [5.41, 5.74) is 0. The molecule has 2 heterocycles. The van der Waals surface area contributed by atoms with Crippen molar-refractivity contribution in [2.45, 2.75) is 16.9 Å². The van der Waals surface area contributed by atoms with E-state index in [0.29, 0.717) is 5.25 Å². The number of hydrogen-bond acceptors (Lipinski definition) is 2. The van der Waals surface area contributed by atoms with Gasteiger partial charge in [0.25, 0.3) is 0 Å². The largest absolute Gasteiger partial charge is 0.468 e. The lowest BCUT2D eigenvalue weighted by Gasteiger charge is -2.14. The second-order valence-corrected chi connectivity index (χ2v) is 4.78. The number of hydrogen-bond donors (Lipinski definition) is 0. The van der Waals surface area contributed by atoms with Gasteiger partial charge in [-0.3, -0.25) is 0 Å². The molecule has 62 valence electrons. The van der Waals surface area contributed by atoms with Crippen LogP contribution < -0.4 is 0 Å². The average Bonchev–Trinajstić information content (AvgIpc) is 2.81. The molecular formula is C10H10OS. The Kier molecular flexibility index (Phi) is 1.38. The molecule has 0 radical (unpaired) electrons. The third-order valence-corrected chi connectivity index (χ3v) is 4.19. The van der Waals surface area contributed by atoms with Gasteiger partial charge in [0, 0.05) is 5.25 Å². The molecule has 2 bridgehead atoms. The minimum atomic E-state index is 0.593. The first-order chi connectivity index (χ1) is 5.93. The molecule has 3 rings (SSSR count). The molecule has 1 aliphatic carbocycles. The van der Waals surface area contributed by atoms with Crippen LogP contribution in [0, 0.1) is 5.92 Å². The van der Waals surface area contributed by atoms with Gasteiger partial charge in [0.15, 0.2) is 0 Å². The molecule has 1 nitrogen and oxygen atoms in total. The van der Waals surface area contributed by atoms with Gasteiger partial charge in [0.1, 0.15) is 5.76 Å². The third kappa shape index (κ3) is 0.876. The fraction of sp³-hybridized carbons (Fsp3) is 0.400. The van der Waals surface area contributed by atoms with Gasteiger partial charge in [-0.2, -0.15) is 0 Å². The zero-order valence-electron chi connectivity index (χ0n) is 6.64. The molecule has 1 aliphatic heterocycles. The first kappa shape index (κ1) is 6.84. The van der Waals surface area contributed by atoms with Crippen LogP contribution in [-0.2, 0) is 0 Å². The smallest absolute Gasteiger partial charge is 0.117 e. The van der Waals surface area contributed by atoms with E-state index in [2.05, 4.69) is 18.2 Å². The zero-order chi connectivity index (χ0) is 7.97. The predicted molar refractivity (Wildman–Crippen MR) is 50.1 cm³/mol. The fourth-order valence-corrected chi connectivity index (χ4v) is 3.60.